The number of halogens is 3. The number of nitriles is 1. The first-order valence-electron chi connectivity index (χ1n) is 7.21. The van der Waals surface area contributed by atoms with Gasteiger partial charge in [0.2, 0.25) is 0 Å². The van der Waals surface area contributed by atoms with E-state index in [0.29, 0.717) is 22.4 Å². The lowest BCUT2D eigenvalue weighted by atomic mass is 9.98. The molecule has 3 rings (SSSR count). The van der Waals surface area contributed by atoms with Gasteiger partial charge < -0.3 is 15.7 Å². The van der Waals surface area contributed by atoms with Crippen molar-refractivity contribution in [2.24, 2.45) is 10.9 Å². The van der Waals surface area contributed by atoms with E-state index in [-0.39, 0.29) is 17.8 Å². The third kappa shape index (κ3) is 3.21. The van der Waals surface area contributed by atoms with Crippen molar-refractivity contribution >= 4 is 5.84 Å². The maximum absolute atomic E-state index is 12.8. The number of hydrogen-bond donors (Lipinski definition) is 2. The minimum Gasteiger partial charge on any atom is -0.485 e. The SMILES string of the molecule is N#Cc1cc(/C(N)=N/O)cc(C2Cc3cc(C(F)(F)F)ccc3O2)c1. The van der Waals surface area contributed by atoms with Crippen molar-refractivity contribution in [2.75, 3.05) is 0 Å². The third-order valence-corrected chi connectivity index (χ3v) is 3.92. The van der Waals surface area contributed by atoms with Crippen LogP contribution < -0.4 is 10.5 Å². The van der Waals surface area contributed by atoms with E-state index in [9.17, 15) is 13.2 Å². The Hall–Kier alpha value is -3.21. The number of rotatable bonds is 2. The maximum Gasteiger partial charge on any atom is 0.416 e. The summed E-state index contributed by atoms with van der Waals surface area (Å²) in [6.07, 6.45) is -4.76. The summed E-state index contributed by atoms with van der Waals surface area (Å²) in [4.78, 5) is 0. The lowest BCUT2D eigenvalue weighted by Crippen LogP contribution is -2.15. The Morgan fingerprint density at radius 1 is 1.28 bits per heavy atom. The highest BCUT2D eigenvalue weighted by molar-refractivity contribution is 5.97. The molecule has 0 aliphatic carbocycles. The first-order valence-corrected chi connectivity index (χ1v) is 7.21. The highest BCUT2D eigenvalue weighted by Gasteiger charge is 2.33. The fourth-order valence-electron chi connectivity index (χ4n) is 2.72. The van der Waals surface area contributed by atoms with Crippen molar-refractivity contribution in [1.29, 1.82) is 5.26 Å². The Balaban J connectivity index is 1.95. The first-order chi connectivity index (χ1) is 11.8. The van der Waals surface area contributed by atoms with E-state index in [1.54, 1.807) is 12.1 Å². The van der Waals surface area contributed by atoms with Crippen LogP contribution in [0.3, 0.4) is 0 Å². The topological polar surface area (TPSA) is 91.6 Å². The highest BCUT2D eigenvalue weighted by atomic mass is 19.4. The number of hydrogen-bond acceptors (Lipinski definition) is 4. The number of nitrogens with two attached hydrogens (primary N) is 1. The number of fused-ring (bicyclic) bond motifs is 1. The predicted octanol–water partition coefficient (Wildman–Crippen LogP) is 3.35. The van der Waals surface area contributed by atoms with E-state index in [0.717, 1.165) is 12.1 Å². The molecule has 0 saturated heterocycles. The van der Waals surface area contributed by atoms with Crippen LogP contribution in [0.4, 0.5) is 13.2 Å². The zero-order valence-corrected chi connectivity index (χ0v) is 12.7. The molecule has 1 aliphatic heterocycles. The van der Waals surface area contributed by atoms with E-state index in [1.807, 2.05) is 6.07 Å². The van der Waals surface area contributed by atoms with Crippen LogP contribution in [0.2, 0.25) is 0 Å². The molecule has 0 bridgehead atoms. The zero-order chi connectivity index (χ0) is 18.2. The lowest BCUT2D eigenvalue weighted by Gasteiger charge is -2.13. The number of oxime groups is 1. The van der Waals surface area contributed by atoms with Crippen molar-refractivity contribution in [3.05, 3.63) is 64.2 Å². The van der Waals surface area contributed by atoms with Crippen molar-refractivity contribution in [2.45, 2.75) is 18.7 Å². The fraction of sp³-hybridized carbons (Fsp3) is 0.176. The summed E-state index contributed by atoms with van der Waals surface area (Å²) >= 11 is 0. The van der Waals surface area contributed by atoms with Gasteiger partial charge in [-0.1, -0.05) is 5.16 Å². The van der Waals surface area contributed by atoms with Gasteiger partial charge in [0.15, 0.2) is 5.84 Å². The summed E-state index contributed by atoms with van der Waals surface area (Å²) in [5.74, 6) is 0.193. The van der Waals surface area contributed by atoms with Gasteiger partial charge in [-0.3, -0.25) is 0 Å². The minimum absolute atomic E-state index is 0.173. The molecule has 1 heterocycles. The van der Waals surface area contributed by atoms with Crippen molar-refractivity contribution < 1.29 is 23.1 Å². The second-order valence-electron chi connectivity index (χ2n) is 5.57. The normalized spacial score (nSPS) is 16.9. The van der Waals surface area contributed by atoms with Gasteiger partial charge in [0.05, 0.1) is 17.2 Å². The second kappa shape index (κ2) is 6.02. The van der Waals surface area contributed by atoms with Crippen LogP contribution in [0.25, 0.3) is 0 Å². The average molecular weight is 347 g/mol. The molecule has 128 valence electrons. The Bertz CT molecular complexity index is 901. The van der Waals surface area contributed by atoms with Crippen LogP contribution >= 0.6 is 0 Å². The molecule has 2 aromatic rings. The van der Waals surface area contributed by atoms with Crippen LogP contribution in [-0.2, 0) is 12.6 Å². The smallest absolute Gasteiger partial charge is 0.416 e. The lowest BCUT2D eigenvalue weighted by molar-refractivity contribution is -0.137. The molecule has 25 heavy (non-hydrogen) atoms. The Labute approximate surface area is 140 Å². The van der Waals surface area contributed by atoms with Gasteiger partial charge in [-0.2, -0.15) is 18.4 Å². The molecule has 0 saturated carbocycles. The summed E-state index contributed by atoms with van der Waals surface area (Å²) in [6.45, 7) is 0. The molecule has 3 N–H and O–H groups in total. The number of benzene rings is 2. The molecule has 0 aromatic heterocycles. The molecule has 0 radical (unpaired) electrons. The predicted molar refractivity (Wildman–Crippen MR) is 82.2 cm³/mol. The van der Waals surface area contributed by atoms with Crippen molar-refractivity contribution in [3.63, 3.8) is 0 Å². The standard InChI is InChI=1S/C17H12F3N3O2/c18-17(19,20)13-1-2-14-11(6-13)7-15(25-14)10-3-9(8-21)4-12(5-10)16(22)23-24/h1-6,15,24H,7H2,(H2,22,23). The largest absolute Gasteiger partial charge is 0.485 e. The monoisotopic (exact) mass is 347 g/mol. The fourth-order valence-corrected chi connectivity index (χ4v) is 2.72. The summed E-state index contributed by atoms with van der Waals surface area (Å²) in [5, 5.41) is 20.8. The summed E-state index contributed by atoms with van der Waals surface area (Å²) < 4.78 is 44.2. The van der Waals surface area contributed by atoms with Gasteiger partial charge in [-0.15, -0.1) is 0 Å². The quantitative estimate of drug-likeness (QED) is 0.377. The van der Waals surface area contributed by atoms with E-state index < -0.39 is 17.8 Å². The molecule has 1 atom stereocenters. The average Bonchev–Trinajstić information content (AvgIpc) is 3.03. The summed E-state index contributed by atoms with van der Waals surface area (Å²) in [5.41, 5.74) is 6.42. The van der Waals surface area contributed by atoms with Crippen LogP contribution in [0.1, 0.15) is 33.9 Å². The van der Waals surface area contributed by atoms with Gasteiger partial charge in [-0.05, 0) is 47.5 Å². The minimum atomic E-state index is -4.42. The maximum atomic E-state index is 12.8. The van der Waals surface area contributed by atoms with Gasteiger partial charge in [0.25, 0.3) is 0 Å². The summed E-state index contributed by atoms with van der Waals surface area (Å²) in [7, 11) is 0. The van der Waals surface area contributed by atoms with Crippen molar-refractivity contribution in [1.82, 2.24) is 0 Å². The molecule has 2 aromatic carbocycles. The molecular weight excluding hydrogens is 335 g/mol. The molecule has 0 spiro atoms. The number of nitrogens with zero attached hydrogens (tertiary/aromatic N) is 2. The van der Waals surface area contributed by atoms with E-state index >= 15 is 0 Å². The van der Waals surface area contributed by atoms with Gasteiger partial charge in [0.1, 0.15) is 11.9 Å². The summed E-state index contributed by atoms with van der Waals surface area (Å²) in [6, 6.07) is 9.87. The van der Waals surface area contributed by atoms with Gasteiger partial charge >= 0.3 is 6.18 Å². The number of ether oxygens (including phenoxy) is 1. The second-order valence-corrected chi connectivity index (χ2v) is 5.57. The van der Waals surface area contributed by atoms with Crippen LogP contribution in [-0.4, -0.2) is 11.0 Å². The zero-order valence-electron chi connectivity index (χ0n) is 12.7. The molecule has 5 nitrogen and oxygen atoms in total. The van der Waals surface area contributed by atoms with Gasteiger partial charge in [-0.25, -0.2) is 0 Å². The molecule has 0 fully saturated rings. The van der Waals surface area contributed by atoms with Crippen LogP contribution in [0.15, 0.2) is 41.6 Å². The Morgan fingerprint density at radius 3 is 2.68 bits per heavy atom. The molecule has 0 amide bonds. The van der Waals surface area contributed by atoms with Crippen molar-refractivity contribution in [3.8, 4) is 11.8 Å². The third-order valence-electron chi connectivity index (χ3n) is 3.92. The van der Waals surface area contributed by atoms with E-state index in [4.69, 9.17) is 20.9 Å². The molecular formula is C17H12F3N3O2. The molecule has 1 aliphatic rings. The Morgan fingerprint density at radius 2 is 2.04 bits per heavy atom. The Kier molecular flexibility index (Phi) is 4.00. The first kappa shape index (κ1) is 16.6. The van der Waals surface area contributed by atoms with E-state index in [1.165, 1.54) is 12.1 Å². The molecule has 8 heteroatoms. The van der Waals surface area contributed by atoms with Gasteiger partial charge in [0, 0.05) is 12.0 Å². The number of alkyl halides is 3. The molecule has 1 unspecified atom stereocenters. The van der Waals surface area contributed by atoms with Crippen LogP contribution in [0.5, 0.6) is 5.75 Å². The van der Waals surface area contributed by atoms with Crippen LogP contribution in [0, 0.1) is 11.3 Å². The number of amidine groups is 1. The van der Waals surface area contributed by atoms with E-state index in [2.05, 4.69) is 5.16 Å². The highest BCUT2D eigenvalue weighted by Crippen LogP contribution is 2.40.